The van der Waals surface area contributed by atoms with Crippen molar-refractivity contribution in [1.29, 1.82) is 0 Å². The van der Waals surface area contributed by atoms with Crippen LogP contribution < -0.4 is 5.43 Å². The van der Waals surface area contributed by atoms with Crippen molar-refractivity contribution < 1.29 is 17.0 Å². The maximum absolute atomic E-state index is 2.99. The summed E-state index contributed by atoms with van der Waals surface area (Å²) in [6.45, 7) is 0. The topological polar surface area (TPSA) is 18.5 Å². The predicted molar refractivity (Wildman–Crippen MR) is 35.5 cm³/mol. The molecule has 0 aromatic rings. The van der Waals surface area contributed by atoms with E-state index in [2.05, 4.69) is 22.4 Å². The summed E-state index contributed by atoms with van der Waals surface area (Å²) in [6.07, 6.45) is 0. The van der Waals surface area contributed by atoms with Crippen molar-refractivity contribution in [2.75, 3.05) is 28.2 Å². The summed E-state index contributed by atoms with van der Waals surface area (Å²) in [5.74, 6) is 0. The van der Waals surface area contributed by atoms with E-state index in [1.54, 1.807) is 0 Å². The van der Waals surface area contributed by atoms with Crippen LogP contribution >= 0.6 is 0 Å². The summed E-state index contributed by atoms with van der Waals surface area (Å²) in [5.41, 5.74) is 2.99. The van der Waals surface area contributed by atoms with Crippen LogP contribution in [0.3, 0.4) is 0 Å². The molecule has 0 saturated carbocycles. The Morgan fingerprint density at radius 1 is 1.33 bits per heavy atom. The minimum absolute atomic E-state index is 1.13. The second-order valence-electron chi connectivity index (χ2n) is 1.98. The number of hydrogen-bond donors (Lipinski definition) is 1. The zero-order valence-electron chi connectivity index (χ0n) is 6.34. The molecule has 0 aliphatic heterocycles. The van der Waals surface area contributed by atoms with E-state index in [9.17, 15) is 0 Å². The molecule has 0 amide bonds. The number of rotatable bonds is 3. The summed E-state index contributed by atoms with van der Waals surface area (Å²) in [7, 11) is 7.85. The fraction of sp³-hybridized carbons (Fsp3) is 0.800. The van der Waals surface area contributed by atoms with Gasteiger partial charge in [0.15, 0.2) is 0 Å². The van der Waals surface area contributed by atoms with Gasteiger partial charge in [-0.2, -0.15) is 0 Å². The van der Waals surface area contributed by atoms with Crippen molar-refractivity contribution in [2.45, 2.75) is 0 Å². The molecule has 1 N–H and O–H groups in total. The van der Waals surface area contributed by atoms with Crippen molar-refractivity contribution >= 4 is 4.47 Å². The Morgan fingerprint density at radius 2 is 1.78 bits per heavy atom. The molecular formula is C5H13N3V. The molecule has 53 valence electrons. The molecule has 0 aliphatic rings. The standard InChI is InChI=1S/C5H13N3.V/c1-6-8(4)5-7(2)3;/h6H,1-4H3;. The van der Waals surface area contributed by atoms with E-state index in [-0.39, 0.29) is 0 Å². The van der Waals surface area contributed by atoms with Gasteiger partial charge in [-0.15, -0.1) is 0 Å². The summed E-state index contributed by atoms with van der Waals surface area (Å²) in [6, 6.07) is 0. The second kappa shape index (κ2) is 4.20. The predicted octanol–water partition coefficient (Wildman–Crippen LogP) is -0.752. The van der Waals surface area contributed by atoms with Gasteiger partial charge in [-0.05, 0) is 0 Å². The van der Waals surface area contributed by atoms with Crippen molar-refractivity contribution in [3.05, 3.63) is 0 Å². The molecule has 0 spiro atoms. The molecule has 0 aromatic carbocycles. The Balaban J connectivity index is 3.73. The number of hydrazine groups is 1. The van der Waals surface area contributed by atoms with E-state index >= 15 is 0 Å². The first-order chi connectivity index (χ1) is 4.09. The van der Waals surface area contributed by atoms with Crippen LogP contribution in [0.5, 0.6) is 0 Å². The zero-order chi connectivity index (χ0) is 7.44. The maximum atomic E-state index is 2.99. The van der Waals surface area contributed by atoms with E-state index in [1.165, 1.54) is 0 Å². The summed E-state index contributed by atoms with van der Waals surface area (Å²) in [4.78, 5) is 2.02. The SMILES string of the molecule is CNN(C)[C](=[V])N(C)C. The molecule has 0 unspecified atom stereocenters. The molecule has 9 heavy (non-hydrogen) atoms. The molecule has 0 rings (SSSR count). The average Bonchev–Trinajstić information content (AvgIpc) is 1.84. The van der Waals surface area contributed by atoms with Crippen LogP contribution in [0.1, 0.15) is 0 Å². The molecule has 0 bridgehead atoms. The average molecular weight is 166 g/mol. The van der Waals surface area contributed by atoms with Gasteiger partial charge in [0.25, 0.3) is 0 Å². The van der Waals surface area contributed by atoms with Gasteiger partial charge in [-0.25, -0.2) is 0 Å². The quantitative estimate of drug-likeness (QED) is 0.556. The molecular weight excluding hydrogens is 153 g/mol. The van der Waals surface area contributed by atoms with Crippen molar-refractivity contribution in [2.24, 2.45) is 0 Å². The Hall–Kier alpha value is 0.334. The van der Waals surface area contributed by atoms with E-state index < -0.39 is 0 Å². The summed E-state index contributed by atoms with van der Waals surface area (Å²) >= 11 is 2.49. The molecule has 0 atom stereocenters. The van der Waals surface area contributed by atoms with Gasteiger partial charge in [0.1, 0.15) is 0 Å². The Labute approximate surface area is 65.5 Å². The first-order valence-electron chi connectivity index (χ1n) is 2.74. The number of nitrogens with zero attached hydrogens (tertiary/aromatic N) is 2. The third-order valence-corrected chi connectivity index (χ3v) is 2.13. The summed E-state index contributed by atoms with van der Waals surface area (Å²) in [5, 5.41) is 1.93. The second-order valence-corrected chi connectivity index (χ2v) is 2.60. The van der Waals surface area contributed by atoms with Gasteiger partial charge in [0.2, 0.25) is 0 Å². The van der Waals surface area contributed by atoms with E-state index in [1.807, 2.05) is 38.1 Å². The van der Waals surface area contributed by atoms with Gasteiger partial charge in [0.05, 0.1) is 0 Å². The summed E-state index contributed by atoms with van der Waals surface area (Å²) < 4.78 is 1.13. The van der Waals surface area contributed by atoms with Crippen molar-refractivity contribution in [1.82, 2.24) is 15.3 Å². The zero-order valence-corrected chi connectivity index (χ0v) is 7.74. The van der Waals surface area contributed by atoms with E-state index in [0.29, 0.717) is 0 Å². The molecule has 0 radical (unpaired) electrons. The van der Waals surface area contributed by atoms with Crippen LogP contribution in [0.15, 0.2) is 0 Å². The van der Waals surface area contributed by atoms with Gasteiger partial charge in [-0.1, -0.05) is 0 Å². The first kappa shape index (κ1) is 9.33. The Morgan fingerprint density at radius 3 is 1.89 bits per heavy atom. The van der Waals surface area contributed by atoms with Crippen LogP contribution in [-0.2, 0) is 17.0 Å². The minimum atomic E-state index is 1.13. The molecule has 4 heteroatoms. The van der Waals surface area contributed by atoms with Crippen LogP contribution in [0, 0.1) is 0 Å². The van der Waals surface area contributed by atoms with Crippen LogP contribution in [0.2, 0.25) is 0 Å². The molecule has 0 fully saturated rings. The van der Waals surface area contributed by atoms with Crippen LogP contribution in [0.25, 0.3) is 0 Å². The van der Waals surface area contributed by atoms with Gasteiger partial charge < -0.3 is 0 Å². The fourth-order valence-electron chi connectivity index (χ4n) is 0.400. The number of nitrogens with one attached hydrogen (secondary N) is 1. The van der Waals surface area contributed by atoms with Gasteiger partial charge in [0, 0.05) is 0 Å². The normalized spacial score (nSPS) is 10.8. The van der Waals surface area contributed by atoms with Crippen LogP contribution in [0.4, 0.5) is 0 Å². The number of hydrogen-bond acceptors (Lipinski definition) is 3. The first-order valence-corrected chi connectivity index (χ1v) is 3.43. The van der Waals surface area contributed by atoms with Gasteiger partial charge in [-0.3, -0.25) is 0 Å². The van der Waals surface area contributed by atoms with Crippen molar-refractivity contribution in [3.8, 4) is 0 Å². The van der Waals surface area contributed by atoms with Crippen LogP contribution in [-0.4, -0.2) is 42.6 Å². The third-order valence-electron chi connectivity index (χ3n) is 1.04. The molecule has 0 heterocycles. The van der Waals surface area contributed by atoms with E-state index in [4.69, 9.17) is 0 Å². The Kier molecular flexibility index (Phi) is 4.35. The Bertz CT molecular complexity index is 102. The molecule has 0 aliphatic carbocycles. The third kappa shape index (κ3) is 3.13. The van der Waals surface area contributed by atoms with E-state index in [0.717, 1.165) is 4.47 Å². The van der Waals surface area contributed by atoms with Gasteiger partial charge >= 0.3 is 65.0 Å². The van der Waals surface area contributed by atoms with Crippen molar-refractivity contribution in [3.63, 3.8) is 0 Å². The fourth-order valence-corrected chi connectivity index (χ4v) is 0.556. The molecule has 0 saturated heterocycles. The molecule has 0 aromatic heterocycles. The molecule has 3 nitrogen and oxygen atoms in total. The monoisotopic (exact) mass is 166 g/mol.